The van der Waals surface area contributed by atoms with Crippen LogP contribution < -0.4 is 0 Å². The Balaban J connectivity index is 3.94. The van der Waals surface area contributed by atoms with Crippen LogP contribution in [0.3, 0.4) is 0 Å². The predicted octanol–water partition coefficient (Wildman–Crippen LogP) is 5.13. The first-order valence-electron chi connectivity index (χ1n) is 6.27. The largest absolute Gasteiger partial charge is 0.0628 e. The van der Waals surface area contributed by atoms with E-state index in [0.29, 0.717) is 5.41 Å². The molecule has 1 unspecified atom stereocenters. The van der Waals surface area contributed by atoms with Gasteiger partial charge in [-0.3, -0.25) is 0 Å². The van der Waals surface area contributed by atoms with Crippen molar-refractivity contribution in [3.63, 3.8) is 0 Å². The molecule has 0 aromatic carbocycles. The third-order valence-electron chi connectivity index (χ3n) is 3.84. The first-order chi connectivity index (χ1) is 6.27. The van der Waals surface area contributed by atoms with Gasteiger partial charge in [0.05, 0.1) is 0 Å². The smallest absolute Gasteiger partial charge is 0.0326 e. The molecule has 0 aliphatic rings. The molecular weight excluding hydrogens is 168 g/mol. The summed E-state index contributed by atoms with van der Waals surface area (Å²) in [6.45, 7) is 16.6. The Morgan fingerprint density at radius 2 is 1.43 bits per heavy atom. The summed E-state index contributed by atoms with van der Waals surface area (Å²) in [7, 11) is 0. The van der Waals surface area contributed by atoms with Crippen LogP contribution in [-0.4, -0.2) is 0 Å². The molecule has 0 saturated heterocycles. The minimum absolute atomic E-state index is 0.517. The maximum atomic E-state index is 2.43. The Labute approximate surface area is 91.5 Å². The van der Waals surface area contributed by atoms with Crippen molar-refractivity contribution >= 4 is 0 Å². The highest BCUT2D eigenvalue weighted by atomic mass is 14.3. The summed E-state index contributed by atoms with van der Waals surface area (Å²) in [5.74, 6) is 2.50. The van der Waals surface area contributed by atoms with Gasteiger partial charge < -0.3 is 0 Å². The fourth-order valence-electron chi connectivity index (χ4n) is 2.10. The molecule has 0 aromatic heterocycles. The van der Waals surface area contributed by atoms with E-state index in [1.165, 1.54) is 19.3 Å². The van der Waals surface area contributed by atoms with Crippen LogP contribution in [0.1, 0.15) is 67.7 Å². The molecule has 0 fully saturated rings. The minimum atomic E-state index is 0.517. The normalized spacial score (nSPS) is 15.2. The first-order valence-corrected chi connectivity index (χ1v) is 6.27. The third kappa shape index (κ3) is 5.02. The molecule has 0 aliphatic heterocycles. The lowest BCUT2D eigenvalue weighted by atomic mass is 9.71. The second-order valence-corrected chi connectivity index (χ2v) is 6.31. The Hall–Kier alpha value is 0. The summed E-state index contributed by atoms with van der Waals surface area (Å²) >= 11 is 0. The van der Waals surface area contributed by atoms with Gasteiger partial charge in [0, 0.05) is 0 Å². The average molecular weight is 198 g/mol. The van der Waals surface area contributed by atoms with E-state index in [9.17, 15) is 0 Å². The van der Waals surface area contributed by atoms with Gasteiger partial charge in [-0.05, 0) is 29.6 Å². The van der Waals surface area contributed by atoms with Crippen LogP contribution in [0.2, 0.25) is 0 Å². The Kier molecular flexibility index (Phi) is 5.78. The van der Waals surface area contributed by atoms with Crippen molar-refractivity contribution in [2.24, 2.45) is 23.2 Å². The van der Waals surface area contributed by atoms with Crippen molar-refractivity contribution < 1.29 is 0 Å². The lowest BCUT2D eigenvalue weighted by molar-refractivity contribution is 0.154. The topological polar surface area (TPSA) is 0 Å². The van der Waals surface area contributed by atoms with E-state index >= 15 is 0 Å². The lowest BCUT2D eigenvalue weighted by Gasteiger charge is -2.35. The van der Waals surface area contributed by atoms with Crippen molar-refractivity contribution in [2.45, 2.75) is 67.7 Å². The third-order valence-corrected chi connectivity index (χ3v) is 3.84. The second kappa shape index (κ2) is 5.78. The second-order valence-electron chi connectivity index (χ2n) is 6.31. The highest BCUT2D eigenvalue weighted by Gasteiger charge is 2.27. The van der Waals surface area contributed by atoms with E-state index in [-0.39, 0.29) is 0 Å². The SMILES string of the molecule is CC(C)CCCC(C)(C)C(C)C(C)C. The molecule has 0 bridgehead atoms. The van der Waals surface area contributed by atoms with Crippen LogP contribution in [0, 0.1) is 23.2 Å². The molecule has 0 heteroatoms. The molecule has 0 rings (SSSR count). The standard InChI is InChI=1S/C14H30/c1-11(2)9-8-10-14(6,7)13(5)12(3)4/h11-13H,8-10H2,1-7H3. The summed E-state index contributed by atoms with van der Waals surface area (Å²) in [6.07, 6.45) is 4.15. The predicted molar refractivity (Wildman–Crippen MR) is 66.5 cm³/mol. The molecule has 0 amide bonds. The van der Waals surface area contributed by atoms with Gasteiger partial charge in [-0.2, -0.15) is 0 Å². The van der Waals surface area contributed by atoms with E-state index < -0.39 is 0 Å². The molecule has 0 aromatic rings. The van der Waals surface area contributed by atoms with E-state index in [0.717, 1.165) is 17.8 Å². The number of rotatable bonds is 6. The van der Waals surface area contributed by atoms with Crippen LogP contribution in [0.25, 0.3) is 0 Å². The molecule has 14 heavy (non-hydrogen) atoms. The molecule has 0 aliphatic carbocycles. The quantitative estimate of drug-likeness (QED) is 0.555. The monoisotopic (exact) mass is 198 g/mol. The van der Waals surface area contributed by atoms with Crippen LogP contribution in [-0.2, 0) is 0 Å². The molecule has 1 atom stereocenters. The van der Waals surface area contributed by atoms with Gasteiger partial charge in [0.1, 0.15) is 0 Å². The fraction of sp³-hybridized carbons (Fsp3) is 1.00. The van der Waals surface area contributed by atoms with Crippen LogP contribution in [0.4, 0.5) is 0 Å². The average Bonchev–Trinajstić information content (AvgIpc) is 2.01. The van der Waals surface area contributed by atoms with Crippen molar-refractivity contribution in [1.82, 2.24) is 0 Å². The zero-order valence-corrected chi connectivity index (χ0v) is 11.4. The summed E-state index contributed by atoms with van der Waals surface area (Å²) in [5, 5.41) is 0. The van der Waals surface area contributed by atoms with Gasteiger partial charge in [0.2, 0.25) is 0 Å². The van der Waals surface area contributed by atoms with Gasteiger partial charge in [-0.25, -0.2) is 0 Å². The molecule has 0 saturated carbocycles. The number of hydrogen-bond donors (Lipinski definition) is 0. The minimum Gasteiger partial charge on any atom is -0.0628 e. The fourth-order valence-corrected chi connectivity index (χ4v) is 2.10. The highest BCUT2D eigenvalue weighted by Crippen LogP contribution is 2.37. The van der Waals surface area contributed by atoms with Crippen LogP contribution in [0.15, 0.2) is 0 Å². The van der Waals surface area contributed by atoms with Crippen molar-refractivity contribution in [1.29, 1.82) is 0 Å². The van der Waals surface area contributed by atoms with Crippen LogP contribution >= 0.6 is 0 Å². The molecule has 86 valence electrons. The highest BCUT2D eigenvalue weighted by molar-refractivity contribution is 4.77. The maximum absolute atomic E-state index is 2.43. The lowest BCUT2D eigenvalue weighted by Crippen LogP contribution is -2.25. The molecule has 0 nitrogen and oxygen atoms in total. The van der Waals surface area contributed by atoms with E-state index in [1.54, 1.807) is 0 Å². The number of hydrogen-bond acceptors (Lipinski definition) is 0. The van der Waals surface area contributed by atoms with E-state index in [4.69, 9.17) is 0 Å². The summed E-state index contributed by atoms with van der Waals surface area (Å²) < 4.78 is 0. The van der Waals surface area contributed by atoms with Gasteiger partial charge >= 0.3 is 0 Å². The maximum Gasteiger partial charge on any atom is -0.0326 e. The first kappa shape index (κ1) is 14.0. The van der Waals surface area contributed by atoms with E-state index in [2.05, 4.69) is 48.5 Å². The van der Waals surface area contributed by atoms with Crippen molar-refractivity contribution in [3.05, 3.63) is 0 Å². The van der Waals surface area contributed by atoms with Gasteiger partial charge in [-0.1, -0.05) is 61.3 Å². The van der Waals surface area contributed by atoms with Crippen molar-refractivity contribution in [3.8, 4) is 0 Å². The summed E-state index contributed by atoms with van der Waals surface area (Å²) in [4.78, 5) is 0. The summed E-state index contributed by atoms with van der Waals surface area (Å²) in [6, 6.07) is 0. The molecular formula is C14H30. The van der Waals surface area contributed by atoms with Gasteiger partial charge in [0.25, 0.3) is 0 Å². The zero-order chi connectivity index (χ0) is 11.4. The van der Waals surface area contributed by atoms with Gasteiger partial charge in [-0.15, -0.1) is 0 Å². The molecule has 0 spiro atoms. The molecule has 0 heterocycles. The Morgan fingerprint density at radius 1 is 0.929 bits per heavy atom. The summed E-state index contributed by atoms with van der Waals surface area (Å²) in [5.41, 5.74) is 0.517. The van der Waals surface area contributed by atoms with Crippen molar-refractivity contribution in [2.75, 3.05) is 0 Å². The van der Waals surface area contributed by atoms with Gasteiger partial charge in [0.15, 0.2) is 0 Å². The molecule has 0 radical (unpaired) electrons. The molecule has 0 N–H and O–H groups in total. The Bertz CT molecular complexity index is 142. The zero-order valence-electron chi connectivity index (χ0n) is 11.4. The Morgan fingerprint density at radius 3 is 1.79 bits per heavy atom. The van der Waals surface area contributed by atoms with E-state index in [1.807, 2.05) is 0 Å². The van der Waals surface area contributed by atoms with Crippen LogP contribution in [0.5, 0.6) is 0 Å².